The molecule has 0 saturated heterocycles. The molecule has 0 amide bonds. The van der Waals surface area contributed by atoms with Crippen LogP contribution in [0.25, 0.3) is 5.69 Å². The zero-order chi connectivity index (χ0) is 11.7. The van der Waals surface area contributed by atoms with Gasteiger partial charge in [-0.2, -0.15) is 5.10 Å². The van der Waals surface area contributed by atoms with Crippen molar-refractivity contribution in [2.45, 2.75) is 33.6 Å². The topological polar surface area (TPSA) is 17.8 Å². The SMILES string of the molecule is Cc1ccc(-n2ncc(C(C)C)c2C)cc1. The Morgan fingerprint density at radius 2 is 1.69 bits per heavy atom. The summed E-state index contributed by atoms with van der Waals surface area (Å²) in [5.41, 5.74) is 4.96. The minimum absolute atomic E-state index is 0.527. The summed E-state index contributed by atoms with van der Waals surface area (Å²) >= 11 is 0. The molecular formula is C14H18N2. The first kappa shape index (κ1) is 10.9. The Kier molecular flexibility index (Phi) is 2.82. The maximum Gasteiger partial charge on any atom is 0.0648 e. The van der Waals surface area contributed by atoms with Crippen LogP contribution in [0.5, 0.6) is 0 Å². The first-order valence-electron chi connectivity index (χ1n) is 5.71. The number of rotatable bonds is 2. The lowest BCUT2D eigenvalue weighted by Gasteiger charge is -2.07. The van der Waals surface area contributed by atoms with Crippen LogP contribution >= 0.6 is 0 Å². The Morgan fingerprint density at radius 3 is 2.19 bits per heavy atom. The largest absolute Gasteiger partial charge is 0.238 e. The van der Waals surface area contributed by atoms with Gasteiger partial charge in [0.05, 0.1) is 11.9 Å². The molecule has 2 nitrogen and oxygen atoms in total. The molecule has 2 rings (SSSR count). The van der Waals surface area contributed by atoms with E-state index in [1.165, 1.54) is 16.8 Å². The van der Waals surface area contributed by atoms with Crippen molar-refractivity contribution in [2.75, 3.05) is 0 Å². The minimum Gasteiger partial charge on any atom is -0.238 e. The van der Waals surface area contributed by atoms with Crippen LogP contribution < -0.4 is 0 Å². The van der Waals surface area contributed by atoms with Crippen molar-refractivity contribution in [1.29, 1.82) is 0 Å². The van der Waals surface area contributed by atoms with E-state index >= 15 is 0 Å². The van der Waals surface area contributed by atoms with Gasteiger partial charge in [-0.25, -0.2) is 4.68 Å². The fraction of sp³-hybridized carbons (Fsp3) is 0.357. The number of hydrogen-bond donors (Lipinski definition) is 0. The van der Waals surface area contributed by atoms with E-state index in [1.807, 2.05) is 10.9 Å². The molecule has 2 heteroatoms. The molecule has 0 aliphatic rings. The predicted octanol–water partition coefficient (Wildman–Crippen LogP) is 3.61. The molecule has 0 fully saturated rings. The smallest absolute Gasteiger partial charge is 0.0648 e. The maximum absolute atomic E-state index is 4.45. The van der Waals surface area contributed by atoms with Gasteiger partial charge in [0.1, 0.15) is 0 Å². The highest BCUT2D eigenvalue weighted by atomic mass is 15.3. The maximum atomic E-state index is 4.45. The van der Waals surface area contributed by atoms with Crippen LogP contribution in [0.4, 0.5) is 0 Å². The summed E-state index contributed by atoms with van der Waals surface area (Å²) < 4.78 is 2.01. The zero-order valence-corrected chi connectivity index (χ0v) is 10.4. The first-order valence-corrected chi connectivity index (χ1v) is 5.71. The zero-order valence-electron chi connectivity index (χ0n) is 10.4. The van der Waals surface area contributed by atoms with Crippen LogP contribution in [0.2, 0.25) is 0 Å². The molecule has 84 valence electrons. The summed E-state index contributed by atoms with van der Waals surface area (Å²) in [5.74, 6) is 0.527. The summed E-state index contributed by atoms with van der Waals surface area (Å²) in [6.07, 6.45) is 1.97. The number of benzene rings is 1. The summed E-state index contributed by atoms with van der Waals surface area (Å²) in [6.45, 7) is 8.62. The lowest BCUT2D eigenvalue weighted by molar-refractivity contribution is 0.823. The van der Waals surface area contributed by atoms with Gasteiger partial charge in [0.15, 0.2) is 0 Å². The van der Waals surface area contributed by atoms with E-state index < -0.39 is 0 Å². The summed E-state index contributed by atoms with van der Waals surface area (Å²) in [4.78, 5) is 0. The average molecular weight is 214 g/mol. The third-order valence-electron chi connectivity index (χ3n) is 2.95. The third-order valence-corrected chi connectivity index (χ3v) is 2.95. The lowest BCUT2D eigenvalue weighted by atomic mass is 10.1. The Balaban J connectivity index is 2.45. The molecule has 0 atom stereocenters. The van der Waals surface area contributed by atoms with Gasteiger partial charge in [-0.15, -0.1) is 0 Å². The van der Waals surface area contributed by atoms with Crippen molar-refractivity contribution in [3.05, 3.63) is 47.3 Å². The van der Waals surface area contributed by atoms with Crippen LogP contribution in [0.1, 0.15) is 36.6 Å². The van der Waals surface area contributed by atoms with E-state index in [1.54, 1.807) is 0 Å². The molecule has 0 saturated carbocycles. The predicted molar refractivity (Wildman–Crippen MR) is 67.1 cm³/mol. The average Bonchev–Trinajstić information content (AvgIpc) is 2.61. The van der Waals surface area contributed by atoms with E-state index in [0.717, 1.165) is 5.69 Å². The molecule has 0 N–H and O–H groups in total. The number of aromatic nitrogens is 2. The van der Waals surface area contributed by atoms with Crippen LogP contribution in [0.15, 0.2) is 30.5 Å². The Bertz CT molecular complexity index is 478. The number of hydrogen-bond acceptors (Lipinski definition) is 1. The molecule has 0 radical (unpaired) electrons. The van der Waals surface area contributed by atoms with Crippen LogP contribution in [-0.2, 0) is 0 Å². The van der Waals surface area contributed by atoms with E-state index in [9.17, 15) is 0 Å². The Hall–Kier alpha value is -1.57. The molecule has 1 aromatic carbocycles. The van der Waals surface area contributed by atoms with Gasteiger partial charge in [-0.1, -0.05) is 31.5 Å². The fourth-order valence-corrected chi connectivity index (χ4v) is 1.94. The molecule has 1 aromatic heterocycles. The monoisotopic (exact) mass is 214 g/mol. The van der Waals surface area contributed by atoms with Crippen molar-refractivity contribution in [3.8, 4) is 5.69 Å². The first-order chi connectivity index (χ1) is 7.59. The van der Waals surface area contributed by atoms with Gasteiger partial charge in [0.25, 0.3) is 0 Å². The second-order valence-corrected chi connectivity index (χ2v) is 4.59. The van der Waals surface area contributed by atoms with E-state index in [-0.39, 0.29) is 0 Å². The van der Waals surface area contributed by atoms with Crippen molar-refractivity contribution in [1.82, 2.24) is 9.78 Å². The van der Waals surface area contributed by atoms with Crippen LogP contribution in [0.3, 0.4) is 0 Å². The van der Waals surface area contributed by atoms with E-state index in [2.05, 4.69) is 57.1 Å². The van der Waals surface area contributed by atoms with Gasteiger partial charge in [-0.05, 0) is 37.5 Å². The molecule has 0 unspecified atom stereocenters. The summed E-state index contributed by atoms with van der Waals surface area (Å²) in [7, 11) is 0. The molecular weight excluding hydrogens is 196 g/mol. The molecule has 0 bridgehead atoms. The van der Waals surface area contributed by atoms with Crippen molar-refractivity contribution in [3.63, 3.8) is 0 Å². The van der Waals surface area contributed by atoms with Crippen LogP contribution in [0, 0.1) is 13.8 Å². The second kappa shape index (κ2) is 4.12. The molecule has 1 heterocycles. The lowest BCUT2D eigenvalue weighted by Crippen LogP contribution is -1.99. The van der Waals surface area contributed by atoms with Crippen molar-refractivity contribution >= 4 is 0 Å². The summed E-state index contributed by atoms with van der Waals surface area (Å²) in [5, 5.41) is 4.45. The van der Waals surface area contributed by atoms with Gasteiger partial charge in [0, 0.05) is 5.69 Å². The quantitative estimate of drug-likeness (QED) is 0.746. The second-order valence-electron chi connectivity index (χ2n) is 4.59. The van der Waals surface area contributed by atoms with E-state index in [4.69, 9.17) is 0 Å². The fourth-order valence-electron chi connectivity index (χ4n) is 1.94. The molecule has 0 spiro atoms. The Labute approximate surface area is 96.9 Å². The third kappa shape index (κ3) is 1.87. The van der Waals surface area contributed by atoms with Gasteiger partial charge in [-0.3, -0.25) is 0 Å². The molecule has 0 aliphatic heterocycles. The van der Waals surface area contributed by atoms with Crippen LogP contribution in [-0.4, -0.2) is 9.78 Å². The highest BCUT2D eigenvalue weighted by Gasteiger charge is 2.10. The van der Waals surface area contributed by atoms with Crippen molar-refractivity contribution < 1.29 is 0 Å². The van der Waals surface area contributed by atoms with Gasteiger partial charge in [0.2, 0.25) is 0 Å². The highest BCUT2D eigenvalue weighted by molar-refractivity contribution is 5.37. The number of nitrogens with zero attached hydrogens (tertiary/aromatic N) is 2. The standard InChI is InChI=1S/C14H18N2/c1-10(2)14-9-15-16(12(14)4)13-7-5-11(3)6-8-13/h5-10H,1-4H3. The highest BCUT2D eigenvalue weighted by Crippen LogP contribution is 2.21. The Morgan fingerprint density at radius 1 is 1.06 bits per heavy atom. The molecule has 2 aromatic rings. The van der Waals surface area contributed by atoms with Gasteiger partial charge < -0.3 is 0 Å². The van der Waals surface area contributed by atoms with Gasteiger partial charge >= 0.3 is 0 Å². The summed E-state index contributed by atoms with van der Waals surface area (Å²) in [6, 6.07) is 8.45. The number of aryl methyl sites for hydroxylation is 1. The normalized spacial score (nSPS) is 11.1. The minimum atomic E-state index is 0.527. The molecule has 16 heavy (non-hydrogen) atoms. The van der Waals surface area contributed by atoms with Crippen molar-refractivity contribution in [2.24, 2.45) is 0 Å². The molecule has 0 aliphatic carbocycles. The van der Waals surface area contributed by atoms with E-state index in [0.29, 0.717) is 5.92 Å².